The Kier molecular flexibility index (Phi) is 11.3. The SMILES string of the molecule is COc1ccc(COc2c(F)cc(C(=O)NCC3CCC(n4cc5ccc(-c6cnc(N7CC8(CN(C(=O)OC(C)(C)C)CCO8)C7)nc6)cc5n4)CC3)c(F)c2F)cc1. The van der Waals surface area contributed by atoms with E-state index in [0.29, 0.717) is 56.1 Å². The number of methoxy groups -OCH3 is 1. The molecule has 3 fully saturated rings. The fourth-order valence-corrected chi connectivity index (χ4v) is 8.04. The highest BCUT2D eigenvalue weighted by Crippen LogP contribution is 2.35. The van der Waals surface area contributed by atoms with Crippen LogP contribution in [-0.4, -0.2) is 94.3 Å². The van der Waals surface area contributed by atoms with Gasteiger partial charge in [0.15, 0.2) is 17.4 Å². The Labute approximate surface area is 345 Å². The van der Waals surface area contributed by atoms with Gasteiger partial charge in [-0.25, -0.2) is 23.5 Å². The monoisotopic (exact) mass is 827 g/mol. The number of halogens is 3. The molecule has 1 aliphatic carbocycles. The Morgan fingerprint density at radius 3 is 2.37 bits per heavy atom. The normalized spacial score (nSPS) is 18.9. The number of amides is 2. The molecule has 0 unspecified atom stereocenters. The van der Waals surface area contributed by atoms with E-state index in [1.165, 1.54) is 7.11 Å². The Balaban J connectivity index is 0.816. The van der Waals surface area contributed by atoms with E-state index in [2.05, 4.69) is 15.3 Å². The molecule has 16 heteroatoms. The summed E-state index contributed by atoms with van der Waals surface area (Å²) in [5.41, 5.74) is 1.50. The number of hydrogen-bond acceptors (Lipinski definition) is 10. The summed E-state index contributed by atoms with van der Waals surface area (Å²) >= 11 is 0. The predicted molar refractivity (Wildman–Crippen MR) is 216 cm³/mol. The fourth-order valence-electron chi connectivity index (χ4n) is 8.04. The Morgan fingerprint density at radius 1 is 0.933 bits per heavy atom. The molecule has 3 aliphatic rings. The van der Waals surface area contributed by atoms with Crippen LogP contribution in [0.15, 0.2) is 67.1 Å². The second kappa shape index (κ2) is 16.6. The summed E-state index contributed by atoms with van der Waals surface area (Å²) < 4.78 is 68.7. The number of morpholine rings is 1. The molecular weight excluding hydrogens is 780 g/mol. The third-order valence-electron chi connectivity index (χ3n) is 11.3. The number of carbonyl (C=O) groups excluding carboxylic acids is 2. The number of anilines is 1. The molecule has 2 saturated heterocycles. The van der Waals surface area contributed by atoms with Crippen LogP contribution >= 0.6 is 0 Å². The van der Waals surface area contributed by atoms with Crippen molar-refractivity contribution in [2.75, 3.05) is 51.3 Å². The number of hydrogen-bond donors (Lipinski definition) is 1. The lowest BCUT2D eigenvalue weighted by Crippen LogP contribution is -2.71. The largest absolute Gasteiger partial charge is 0.497 e. The number of benzene rings is 3. The first kappa shape index (κ1) is 40.9. The van der Waals surface area contributed by atoms with E-state index in [0.717, 1.165) is 47.7 Å². The molecule has 2 aromatic heterocycles. The van der Waals surface area contributed by atoms with Crippen LogP contribution in [0, 0.1) is 23.4 Å². The number of aromatic nitrogens is 4. The minimum absolute atomic E-state index is 0.110. The maximum Gasteiger partial charge on any atom is 0.410 e. The van der Waals surface area contributed by atoms with Crippen molar-refractivity contribution < 1.29 is 41.7 Å². The third kappa shape index (κ3) is 8.83. The van der Waals surface area contributed by atoms with Crippen molar-refractivity contribution in [2.24, 2.45) is 5.92 Å². The minimum Gasteiger partial charge on any atom is -0.497 e. The second-order valence-corrected chi connectivity index (χ2v) is 16.8. The van der Waals surface area contributed by atoms with Crippen molar-refractivity contribution in [3.8, 4) is 22.6 Å². The third-order valence-corrected chi connectivity index (χ3v) is 11.3. The molecular formula is C44H48F3N7O6. The first-order chi connectivity index (χ1) is 28.8. The van der Waals surface area contributed by atoms with Gasteiger partial charge >= 0.3 is 6.09 Å². The molecule has 4 heterocycles. The van der Waals surface area contributed by atoms with Crippen LogP contribution < -0.4 is 19.7 Å². The number of fused-ring (bicyclic) bond motifs is 1. The van der Waals surface area contributed by atoms with E-state index in [1.54, 1.807) is 41.6 Å². The van der Waals surface area contributed by atoms with Crippen molar-refractivity contribution in [2.45, 2.75) is 70.3 Å². The number of ether oxygens (including phenoxy) is 4. The van der Waals surface area contributed by atoms with E-state index < -0.39 is 45.9 Å². The van der Waals surface area contributed by atoms with Crippen molar-refractivity contribution in [3.05, 3.63) is 95.7 Å². The Bertz CT molecular complexity index is 2360. The molecule has 316 valence electrons. The van der Waals surface area contributed by atoms with Gasteiger partial charge in [0.05, 0.1) is 50.5 Å². The van der Waals surface area contributed by atoms with Crippen molar-refractivity contribution in [1.82, 2.24) is 30.0 Å². The fraction of sp³-hybridized carbons (Fsp3) is 0.432. The van der Waals surface area contributed by atoms with Gasteiger partial charge < -0.3 is 34.1 Å². The first-order valence-electron chi connectivity index (χ1n) is 20.2. The van der Waals surface area contributed by atoms with Gasteiger partial charge in [-0.2, -0.15) is 9.49 Å². The molecule has 8 rings (SSSR count). The maximum atomic E-state index is 15.0. The molecule has 60 heavy (non-hydrogen) atoms. The number of rotatable bonds is 10. The number of nitrogens with zero attached hydrogens (tertiary/aromatic N) is 6. The van der Waals surface area contributed by atoms with Crippen molar-refractivity contribution in [1.29, 1.82) is 0 Å². The molecule has 13 nitrogen and oxygen atoms in total. The van der Waals surface area contributed by atoms with E-state index in [4.69, 9.17) is 24.0 Å². The van der Waals surface area contributed by atoms with Gasteiger partial charge in [-0.1, -0.05) is 24.3 Å². The summed E-state index contributed by atoms with van der Waals surface area (Å²) in [6, 6.07) is 13.6. The minimum atomic E-state index is -1.55. The van der Waals surface area contributed by atoms with Crippen LogP contribution in [-0.2, 0) is 16.1 Å². The Morgan fingerprint density at radius 2 is 1.67 bits per heavy atom. The molecule has 0 bridgehead atoms. The van der Waals surface area contributed by atoms with Crippen LogP contribution in [0.2, 0.25) is 0 Å². The second-order valence-electron chi connectivity index (χ2n) is 16.8. The van der Waals surface area contributed by atoms with Crippen LogP contribution in [0.3, 0.4) is 0 Å². The van der Waals surface area contributed by atoms with E-state index >= 15 is 0 Å². The van der Waals surface area contributed by atoms with Crippen LogP contribution in [0.5, 0.6) is 11.5 Å². The Hall–Kier alpha value is -5.90. The van der Waals surface area contributed by atoms with Crippen molar-refractivity contribution in [3.63, 3.8) is 0 Å². The van der Waals surface area contributed by atoms with Gasteiger partial charge in [0, 0.05) is 42.6 Å². The lowest BCUT2D eigenvalue weighted by Gasteiger charge is -2.53. The van der Waals surface area contributed by atoms with Crippen molar-refractivity contribution >= 4 is 28.9 Å². The van der Waals surface area contributed by atoms with Gasteiger partial charge in [0.1, 0.15) is 23.6 Å². The first-order valence-corrected chi connectivity index (χ1v) is 20.2. The molecule has 1 N–H and O–H groups in total. The molecule has 2 aliphatic heterocycles. The smallest absolute Gasteiger partial charge is 0.410 e. The van der Waals surface area contributed by atoms with Gasteiger partial charge in [0.2, 0.25) is 11.8 Å². The van der Waals surface area contributed by atoms with Gasteiger partial charge in [-0.3, -0.25) is 9.48 Å². The summed E-state index contributed by atoms with van der Waals surface area (Å²) in [5.74, 6) is -4.65. The molecule has 1 saturated carbocycles. The highest BCUT2D eigenvalue weighted by atomic mass is 19.2. The molecule has 5 aromatic rings. The van der Waals surface area contributed by atoms with Gasteiger partial charge in [-0.05, 0) is 87.8 Å². The molecule has 0 radical (unpaired) electrons. The molecule has 1 spiro atoms. The zero-order valence-corrected chi connectivity index (χ0v) is 34.1. The standard InChI is InChI=1S/C44H48F3N7O6/c1-43(2,3)60-42(56)52-15-16-59-44(24-52)25-53(26-44)41-49-20-31(21-50-41)29-9-10-30-22-54(51-36(30)17-29)32-11-5-27(6-12-32)19-48-40(55)34-18-35(45)39(38(47)37(34)46)58-23-28-7-13-33(57-4)14-8-28/h7-10,13-14,17-18,20-22,27,32H,5-6,11-12,15-16,19,23-26H2,1-4H3,(H,48,55). The summed E-state index contributed by atoms with van der Waals surface area (Å²) in [5, 5.41) is 8.58. The highest BCUT2D eigenvalue weighted by Gasteiger charge is 2.49. The lowest BCUT2D eigenvalue weighted by atomic mass is 9.86. The predicted octanol–water partition coefficient (Wildman–Crippen LogP) is 7.49. The quantitative estimate of drug-likeness (QED) is 0.141. The summed E-state index contributed by atoms with van der Waals surface area (Å²) in [7, 11) is 1.52. The summed E-state index contributed by atoms with van der Waals surface area (Å²) in [6.07, 6.45) is 8.51. The average Bonchev–Trinajstić information content (AvgIpc) is 3.67. The van der Waals surface area contributed by atoms with Crippen LogP contribution in [0.1, 0.15) is 68.4 Å². The van der Waals surface area contributed by atoms with Crippen LogP contribution in [0.4, 0.5) is 23.9 Å². The van der Waals surface area contributed by atoms with E-state index in [-0.39, 0.29) is 31.2 Å². The van der Waals surface area contributed by atoms with Gasteiger partial charge in [0.25, 0.3) is 5.91 Å². The van der Waals surface area contributed by atoms with Gasteiger partial charge in [-0.15, -0.1) is 0 Å². The number of carbonyl (C=O) groups is 2. The lowest BCUT2D eigenvalue weighted by molar-refractivity contribution is -0.122. The summed E-state index contributed by atoms with van der Waals surface area (Å²) in [6.45, 7) is 8.16. The van der Waals surface area contributed by atoms with E-state index in [1.807, 2.05) is 54.7 Å². The molecule has 0 atom stereocenters. The zero-order chi connectivity index (χ0) is 42.2. The zero-order valence-electron chi connectivity index (χ0n) is 34.1. The van der Waals surface area contributed by atoms with E-state index in [9.17, 15) is 22.8 Å². The summed E-state index contributed by atoms with van der Waals surface area (Å²) in [4.78, 5) is 38.6. The number of nitrogens with one attached hydrogen (secondary N) is 1. The topological polar surface area (TPSA) is 133 Å². The average molecular weight is 828 g/mol. The van der Waals surface area contributed by atoms with Crippen LogP contribution in [0.25, 0.3) is 22.0 Å². The maximum absolute atomic E-state index is 15.0. The highest BCUT2D eigenvalue weighted by molar-refractivity contribution is 5.94. The molecule has 2 amide bonds. The molecule has 3 aromatic carbocycles.